The van der Waals surface area contributed by atoms with Crippen molar-refractivity contribution in [3.05, 3.63) is 0 Å². The molecule has 0 bridgehead atoms. The predicted octanol–water partition coefficient (Wildman–Crippen LogP) is -0.700. The molecule has 88 valence electrons. The standard InChI is InChI=1S/C10H21N3O2/c1-10(15-2)4-3-5-13(7-10)6-8(11)9(12)14/h8H,3-7,11H2,1-2H3,(H2,12,14). The highest BCUT2D eigenvalue weighted by molar-refractivity contribution is 5.79. The number of hydrogen-bond donors (Lipinski definition) is 2. The van der Waals surface area contributed by atoms with E-state index in [1.165, 1.54) is 0 Å². The van der Waals surface area contributed by atoms with E-state index in [1.54, 1.807) is 7.11 Å². The number of rotatable bonds is 4. The maximum Gasteiger partial charge on any atom is 0.235 e. The zero-order chi connectivity index (χ0) is 11.5. The lowest BCUT2D eigenvalue weighted by molar-refractivity contribution is -0.120. The summed E-state index contributed by atoms with van der Waals surface area (Å²) in [6.45, 7) is 4.37. The number of likely N-dealkylation sites (tertiary alicyclic amines) is 1. The maximum absolute atomic E-state index is 10.8. The highest BCUT2D eigenvalue weighted by atomic mass is 16.5. The van der Waals surface area contributed by atoms with Crippen LogP contribution in [0.1, 0.15) is 19.8 Å². The van der Waals surface area contributed by atoms with Crippen LogP contribution >= 0.6 is 0 Å². The number of carbonyl (C=O) groups is 1. The summed E-state index contributed by atoms with van der Waals surface area (Å²) >= 11 is 0. The minimum Gasteiger partial charge on any atom is -0.377 e. The van der Waals surface area contributed by atoms with E-state index in [1.807, 2.05) is 0 Å². The Morgan fingerprint density at radius 2 is 2.33 bits per heavy atom. The molecule has 0 aliphatic carbocycles. The van der Waals surface area contributed by atoms with Crippen LogP contribution in [0.5, 0.6) is 0 Å². The van der Waals surface area contributed by atoms with Crippen LogP contribution in [0, 0.1) is 0 Å². The van der Waals surface area contributed by atoms with E-state index in [-0.39, 0.29) is 5.60 Å². The average molecular weight is 215 g/mol. The quantitative estimate of drug-likeness (QED) is 0.649. The van der Waals surface area contributed by atoms with Crippen LogP contribution in [-0.4, -0.2) is 49.2 Å². The molecule has 0 aromatic rings. The van der Waals surface area contributed by atoms with Gasteiger partial charge in [0, 0.05) is 20.2 Å². The summed E-state index contributed by atoms with van der Waals surface area (Å²) in [7, 11) is 1.72. The Hall–Kier alpha value is -0.650. The number of carbonyl (C=O) groups excluding carboxylic acids is 1. The van der Waals surface area contributed by atoms with E-state index in [4.69, 9.17) is 16.2 Å². The Bertz CT molecular complexity index is 235. The van der Waals surface area contributed by atoms with Crippen LogP contribution in [0.25, 0.3) is 0 Å². The Balaban J connectivity index is 2.46. The monoisotopic (exact) mass is 215 g/mol. The second kappa shape index (κ2) is 4.92. The minimum atomic E-state index is -0.579. The number of primary amides is 1. The molecule has 1 rings (SSSR count). The summed E-state index contributed by atoms with van der Waals surface area (Å²) in [5.74, 6) is -0.445. The molecule has 0 radical (unpaired) electrons. The molecule has 0 saturated carbocycles. The molecule has 2 unspecified atom stereocenters. The van der Waals surface area contributed by atoms with Gasteiger partial charge in [0.2, 0.25) is 5.91 Å². The molecule has 1 fully saturated rings. The van der Waals surface area contributed by atoms with Crippen molar-refractivity contribution in [2.45, 2.75) is 31.4 Å². The molecule has 15 heavy (non-hydrogen) atoms. The molecule has 1 saturated heterocycles. The molecule has 2 atom stereocenters. The van der Waals surface area contributed by atoms with Gasteiger partial charge in [-0.1, -0.05) is 0 Å². The molecule has 1 aliphatic rings. The number of nitrogens with two attached hydrogens (primary N) is 2. The average Bonchev–Trinajstić information content (AvgIpc) is 2.18. The SMILES string of the molecule is COC1(C)CCCN(CC(N)C(N)=O)C1. The van der Waals surface area contributed by atoms with E-state index >= 15 is 0 Å². The fraction of sp³-hybridized carbons (Fsp3) is 0.900. The summed E-state index contributed by atoms with van der Waals surface area (Å²) in [6, 6.07) is -0.579. The van der Waals surface area contributed by atoms with Gasteiger partial charge in [0.05, 0.1) is 11.6 Å². The first-order valence-electron chi connectivity index (χ1n) is 5.29. The Morgan fingerprint density at radius 1 is 1.67 bits per heavy atom. The van der Waals surface area contributed by atoms with Crippen molar-refractivity contribution in [3.63, 3.8) is 0 Å². The van der Waals surface area contributed by atoms with E-state index in [0.29, 0.717) is 6.54 Å². The van der Waals surface area contributed by atoms with Crippen molar-refractivity contribution in [2.24, 2.45) is 11.5 Å². The van der Waals surface area contributed by atoms with Gasteiger partial charge in [0.25, 0.3) is 0 Å². The summed E-state index contributed by atoms with van der Waals surface area (Å²) in [6.07, 6.45) is 2.11. The van der Waals surface area contributed by atoms with Crippen molar-refractivity contribution in [1.29, 1.82) is 0 Å². The Kier molecular flexibility index (Phi) is 4.07. The predicted molar refractivity (Wildman–Crippen MR) is 58.3 cm³/mol. The van der Waals surface area contributed by atoms with Gasteiger partial charge in [-0.15, -0.1) is 0 Å². The van der Waals surface area contributed by atoms with Crippen molar-refractivity contribution >= 4 is 5.91 Å². The van der Waals surface area contributed by atoms with Crippen molar-refractivity contribution in [1.82, 2.24) is 4.90 Å². The van der Waals surface area contributed by atoms with Crippen molar-refractivity contribution in [2.75, 3.05) is 26.7 Å². The molecule has 1 aliphatic heterocycles. The molecular formula is C10H21N3O2. The molecule has 4 N–H and O–H groups in total. The highest BCUT2D eigenvalue weighted by Gasteiger charge is 2.31. The van der Waals surface area contributed by atoms with Crippen LogP contribution in [0.2, 0.25) is 0 Å². The zero-order valence-electron chi connectivity index (χ0n) is 9.53. The third kappa shape index (κ3) is 3.44. The van der Waals surface area contributed by atoms with Gasteiger partial charge in [0.15, 0.2) is 0 Å². The van der Waals surface area contributed by atoms with Crippen LogP contribution in [0.15, 0.2) is 0 Å². The summed E-state index contributed by atoms with van der Waals surface area (Å²) in [5, 5.41) is 0. The summed E-state index contributed by atoms with van der Waals surface area (Å²) in [4.78, 5) is 13.0. The molecule has 0 spiro atoms. The molecule has 0 aromatic carbocycles. The first-order chi connectivity index (χ1) is 6.97. The van der Waals surface area contributed by atoms with E-state index < -0.39 is 11.9 Å². The van der Waals surface area contributed by atoms with E-state index in [2.05, 4.69) is 11.8 Å². The van der Waals surface area contributed by atoms with Crippen LogP contribution < -0.4 is 11.5 Å². The lowest BCUT2D eigenvalue weighted by Crippen LogP contribution is -2.53. The van der Waals surface area contributed by atoms with Gasteiger partial charge in [-0.3, -0.25) is 9.69 Å². The number of hydrogen-bond acceptors (Lipinski definition) is 4. The van der Waals surface area contributed by atoms with Gasteiger partial charge in [-0.2, -0.15) is 0 Å². The lowest BCUT2D eigenvalue weighted by Gasteiger charge is -2.40. The van der Waals surface area contributed by atoms with Gasteiger partial charge < -0.3 is 16.2 Å². The van der Waals surface area contributed by atoms with Crippen LogP contribution in [-0.2, 0) is 9.53 Å². The summed E-state index contributed by atoms with van der Waals surface area (Å²) in [5.41, 5.74) is 10.6. The maximum atomic E-state index is 10.8. The number of piperidine rings is 1. The smallest absolute Gasteiger partial charge is 0.235 e. The van der Waals surface area contributed by atoms with Crippen LogP contribution in [0.3, 0.4) is 0 Å². The summed E-state index contributed by atoms with van der Waals surface area (Å²) < 4.78 is 5.45. The lowest BCUT2D eigenvalue weighted by atomic mass is 9.94. The van der Waals surface area contributed by atoms with E-state index in [0.717, 1.165) is 25.9 Å². The highest BCUT2D eigenvalue weighted by Crippen LogP contribution is 2.23. The van der Waals surface area contributed by atoms with Crippen LogP contribution in [0.4, 0.5) is 0 Å². The first kappa shape index (κ1) is 12.4. The fourth-order valence-electron chi connectivity index (χ4n) is 2.00. The first-order valence-corrected chi connectivity index (χ1v) is 5.29. The number of nitrogens with zero attached hydrogens (tertiary/aromatic N) is 1. The second-order valence-electron chi connectivity index (χ2n) is 4.50. The number of amides is 1. The second-order valence-corrected chi connectivity index (χ2v) is 4.50. The number of ether oxygens (including phenoxy) is 1. The molecule has 1 amide bonds. The zero-order valence-corrected chi connectivity index (χ0v) is 9.53. The topological polar surface area (TPSA) is 81.6 Å². The van der Waals surface area contributed by atoms with Gasteiger partial charge in [0.1, 0.15) is 0 Å². The Morgan fingerprint density at radius 3 is 2.87 bits per heavy atom. The molecule has 0 aromatic heterocycles. The van der Waals surface area contributed by atoms with Crippen molar-refractivity contribution in [3.8, 4) is 0 Å². The third-order valence-corrected chi connectivity index (χ3v) is 3.05. The largest absolute Gasteiger partial charge is 0.377 e. The molecular weight excluding hydrogens is 194 g/mol. The molecule has 5 nitrogen and oxygen atoms in total. The molecule has 1 heterocycles. The molecule has 5 heteroatoms. The van der Waals surface area contributed by atoms with Crippen molar-refractivity contribution < 1.29 is 9.53 Å². The third-order valence-electron chi connectivity index (χ3n) is 3.05. The van der Waals surface area contributed by atoms with Gasteiger partial charge in [-0.25, -0.2) is 0 Å². The fourth-order valence-corrected chi connectivity index (χ4v) is 2.00. The Labute approximate surface area is 90.7 Å². The number of methoxy groups -OCH3 is 1. The minimum absolute atomic E-state index is 0.115. The normalized spacial score (nSPS) is 30.1. The van der Waals surface area contributed by atoms with Gasteiger partial charge >= 0.3 is 0 Å². The van der Waals surface area contributed by atoms with Gasteiger partial charge in [-0.05, 0) is 26.3 Å². The van der Waals surface area contributed by atoms with E-state index in [9.17, 15) is 4.79 Å².